The summed E-state index contributed by atoms with van der Waals surface area (Å²) >= 11 is 11.7. The lowest BCUT2D eigenvalue weighted by atomic mass is 9.95. The van der Waals surface area contributed by atoms with Crippen LogP contribution >= 0.6 is 23.2 Å². The maximum Gasteiger partial charge on any atom is 0.129 e. The Morgan fingerprint density at radius 3 is 1.73 bits per heavy atom. The standard InChI is InChI=1S/C7H10Cl2O2/c8-7(9)5-3(10)1-2-4(11)6(5)7/h3-6,10-11H,1-2H2. The molecule has 2 rings (SSSR count). The highest BCUT2D eigenvalue weighted by Gasteiger charge is 2.70. The van der Waals surface area contributed by atoms with Gasteiger partial charge in [-0.25, -0.2) is 0 Å². The van der Waals surface area contributed by atoms with E-state index in [-0.39, 0.29) is 11.8 Å². The molecule has 2 fully saturated rings. The van der Waals surface area contributed by atoms with Gasteiger partial charge < -0.3 is 10.2 Å². The third-order valence-electron chi connectivity index (χ3n) is 2.75. The van der Waals surface area contributed by atoms with Crippen molar-refractivity contribution >= 4 is 23.2 Å². The van der Waals surface area contributed by atoms with Crippen molar-refractivity contribution in [1.29, 1.82) is 0 Å². The lowest BCUT2D eigenvalue weighted by Gasteiger charge is -2.18. The Hall–Kier alpha value is 0.500. The molecule has 2 aliphatic rings. The van der Waals surface area contributed by atoms with Crippen molar-refractivity contribution in [2.24, 2.45) is 11.8 Å². The molecule has 2 nitrogen and oxygen atoms in total. The molecule has 64 valence electrons. The van der Waals surface area contributed by atoms with Crippen LogP contribution in [0.15, 0.2) is 0 Å². The highest BCUT2D eigenvalue weighted by atomic mass is 35.5. The van der Waals surface area contributed by atoms with Crippen molar-refractivity contribution in [2.45, 2.75) is 29.4 Å². The molecule has 2 saturated carbocycles. The molecule has 2 N–H and O–H groups in total. The first-order valence-corrected chi connectivity index (χ1v) is 4.54. The number of hydrogen-bond acceptors (Lipinski definition) is 2. The molecule has 0 radical (unpaired) electrons. The van der Waals surface area contributed by atoms with E-state index < -0.39 is 16.5 Å². The van der Waals surface area contributed by atoms with Crippen molar-refractivity contribution in [3.8, 4) is 0 Å². The van der Waals surface area contributed by atoms with Gasteiger partial charge in [-0.15, -0.1) is 23.2 Å². The highest BCUT2D eigenvalue weighted by Crippen LogP contribution is 2.65. The van der Waals surface area contributed by atoms with E-state index in [0.717, 1.165) is 0 Å². The van der Waals surface area contributed by atoms with Crippen molar-refractivity contribution in [3.63, 3.8) is 0 Å². The second-order valence-electron chi connectivity index (χ2n) is 3.44. The topological polar surface area (TPSA) is 40.5 Å². The van der Waals surface area contributed by atoms with Gasteiger partial charge in [0, 0.05) is 11.8 Å². The predicted octanol–water partition coefficient (Wildman–Crippen LogP) is 0.922. The summed E-state index contributed by atoms with van der Waals surface area (Å²) in [5.41, 5.74) is 0. The number of aliphatic hydroxyl groups is 2. The third kappa shape index (κ3) is 1.00. The van der Waals surface area contributed by atoms with Crippen LogP contribution in [0.1, 0.15) is 12.8 Å². The number of aliphatic hydroxyl groups excluding tert-OH is 2. The molecule has 0 aliphatic heterocycles. The first-order chi connectivity index (χ1) is 5.05. The minimum absolute atomic E-state index is 0.102. The zero-order valence-corrected chi connectivity index (χ0v) is 7.39. The Kier molecular flexibility index (Phi) is 1.66. The van der Waals surface area contributed by atoms with Crippen LogP contribution in [0.2, 0.25) is 0 Å². The number of hydrogen-bond donors (Lipinski definition) is 2. The van der Waals surface area contributed by atoms with Crippen LogP contribution in [0.3, 0.4) is 0 Å². The highest BCUT2D eigenvalue weighted by molar-refractivity contribution is 6.51. The van der Waals surface area contributed by atoms with E-state index in [0.29, 0.717) is 12.8 Å². The Morgan fingerprint density at radius 1 is 1.00 bits per heavy atom. The average molecular weight is 197 g/mol. The molecule has 0 aromatic heterocycles. The van der Waals surface area contributed by atoms with E-state index in [9.17, 15) is 10.2 Å². The molecule has 0 bridgehead atoms. The van der Waals surface area contributed by atoms with E-state index >= 15 is 0 Å². The van der Waals surface area contributed by atoms with E-state index in [4.69, 9.17) is 23.2 Å². The zero-order valence-electron chi connectivity index (χ0n) is 5.87. The number of halogens is 2. The van der Waals surface area contributed by atoms with Crippen LogP contribution in [0.5, 0.6) is 0 Å². The van der Waals surface area contributed by atoms with E-state index in [1.54, 1.807) is 0 Å². The average Bonchev–Trinajstić information content (AvgIpc) is 2.47. The minimum atomic E-state index is -0.866. The molecule has 0 spiro atoms. The number of alkyl halides is 2. The Bertz CT molecular complexity index is 165. The maximum atomic E-state index is 9.39. The normalized spacial score (nSPS) is 53.5. The molecule has 0 heterocycles. The summed E-state index contributed by atoms with van der Waals surface area (Å²) < 4.78 is -0.866. The van der Waals surface area contributed by atoms with Crippen LogP contribution in [0, 0.1) is 11.8 Å². The quantitative estimate of drug-likeness (QED) is 0.567. The Labute approximate surface area is 75.1 Å². The monoisotopic (exact) mass is 196 g/mol. The minimum Gasteiger partial charge on any atom is -0.393 e. The summed E-state index contributed by atoms with van der Waals surface area (Å²) in [7, 11) is 0. The van der Waals surface area contributed by atoms with Gasteiger partial charge in [-0.1, -0.05) is 0 Å². The van der Waals surface area contributed by atoms with Crippen LogP contribution in [-0.2, 0) is 0 Å². The lowest BCUT2D eigenvalue weighted by Crippen LogP contribution is -2.24. The smallest absolute Gasteiger partial charge is 0.129 e. The molecular weight excluding hydrogens is 187 g/mol. The number of rotatable bonds is 0. The van der Waals surface area contributed by atoms with Gasteiger partial charge in [0.2, 0.25) is 0 Å². The summed E-state index contributed by atoms with van der Waals surface area (Å²) in [5, 5.41) is 18.8. The fraction of sp³-hybridized carbons (Fsp3) is 1.00. The summed E-state index contributed by atoms with van der Waals surface area (Å²) in [4.78, 5) is 0. The third-order valence-corrected chi connectivity index (χ3v) is 3.76. The molecule has 0 aromatic rings. The van der Waals surface area contributed by atoms with Gasteiger partial charge >= 0.3 is 0 Å². The first kappa shape index (κ1) is 8.11. The first-order valence-electron chi connectivity index (χ1n) is 3.79. The summed E-state index contributed by atoms with van der Waals surface area (Å²) in [6.07, 6.45) is 0.393. The summed E-state index contributed by atoms with van der Waals surface area (Å²) in [6, 6.07) is 0. The molecule has 4 heteroatoms. The molecule has 2 aliphatic carbocycles. The molecule has 0 saturated heterocycles. The van der Waals surface area contributed by atoms with Crippen molar-refractivity contribution in [2.75, 3.05) is 0 Å². The second kappa shape index (κ2) is 2.25. The second-order valence-corrected chi connectivity index (χ2v) is 4.88. The van der Waals surface area contributed by atoms with Crippen LogP contribution < -0.4 is 0 Å². The molecule has 4 atom stereocenters. The van der Waals surface area contributed by atoms with Crippen molar-refractivity contribution in [1.82, 2.24) is 0 Å². The van der Waals surface area contributed by atoms with E-state index in [2.05, 4.69) is 0 Å². The van der Waals surface area contributed by atoms with Crippen molar-refractivity contribution < 1.29 is 10.2 Å². The van der Waals surface area contributed by atoms with Crippen LogP contribution in [0.25, 0.3) is 0 Å². The predicted molar refractivity (Wildman–Crippen MR) is 42.7 cm³/mol. The largest absolute Gasteiger partial charge is 0.393 e. The molecule has 0 amide bonds. The van der Waals surface area contributed by atoms with Gasteiger partial charge in [-0.3, -0.25) is 0 Å². The Morgan fingerprint density at radius 2 is 1.36 bits per heavy atom. The van der Waals surface area contributed by atoms with Crippen LogP contribution in [-0.4, -0.2) is 26.8 Å². The van der Waals surface area contributed by atoms with Gasteiger partial charge in [0.05, 0.1) is 12.2 Å². The SMILES string of the molecule is OC1CCC(O)C2C1C2(Cl)Cl. The van der Waals surface area contributed by atoms with Gasteiger partial charge in [-0.2, -0.15) is 0 Å². The van der Waals surface area contributed by atoms with Gasteiger partial charge in [0.1, 0.15) is 4.33 Å². The molecule has 11 heavy (non-hydrogen) atoms. The van der Waals surface area contributed by atoms with Gasteiger partial charge in [0.25, 0.3) is 0 Å². The summed E-state index contributed by atoms with van der Waals surface area (Å²) in [6.45, 7) is 0. The molecular formula is C7H10Cl2O2. The van der Waals surface area contributed by atoms with Gasteiger partial charge in [-0.05, 0) is 12.8 Å². The molecule has 0 aromatic carbocycles. The van der Waals surface area contributed by atoms with E-state index in [1.165, 1.54) is 0 Å². The Balaban J connectivity index is 2.15. The molecule has 4 unspecified atom stereocenters. The van der Waals surface area contributed by atoms with Gasteiger partial charge in [0.15, 0.2) is 0 Å². The summed E-state index contributed by atoms with van der Waals surface area (Å²) in [5.74, 6) is -0.204. The lowest BCUT2D eigenvalue weighted by molar-refractivity contribution is 0.0446. The maximum absolute atomic E-state index is 9.39. The number of fused-ring (bicyclic) bond motifs is 1. The van der Waals surface area contributed by atoms with E-state index in [1.807, 2.05) is 0 Å². The van der Waals surface area contributed by atoms with Crippen LogP contribution in [0.4, 0.5) is 0 Å². The fourth-order valence-corrected chi connectivity index (χ4v) is 3.07. The fourth-order valence-electron chi connectivity index (χ4n) is 2.07. The zero-order chi connectivity index (χ0) is 8.22. The van der Waals surface area contributed by atoms with Crippen molar-refractivity contribution in [3.05, 3.63) is 0 Å².